The van der Waals surface area contributed by atoms with E-state index in [2.05, 4.69) is 0 Å². The van der Waals surface area contributed by atoms with Gasteiger partial charge in [0.1, 0.15) is 6.73 Å². The maximum atomic E-state index is 8.52. The molecule has 0 unspecified atom stereocenters. The predicted molar refractivity (Wildman–Crippen MR) is 25.8 cm³/mol. The number of nitrogens with zero attached hydrogens (tertiary/aromatic N) is 1. The molecular weight excluding hydrogens is 94.0 g/mol. The van der Waals surface area contributed by atoms with Gasteiger partial charge in [0.05, 0.1) is 0 Å². The molecule has 0 aliphatic rings. The second kappa shape index (κ2) is 2.96. The molecule has 2 N–H and O–H groups in total. The Hall–Kier alpha value is -0.120. The van der Waals surface area contributed by atoms with Crippen molar-refractivity contribution in [2.24, 2.45) is 0 Å². The van der Waals surface area contributed by atoms with E-state index in [-0.39, 0.29) is 12.8 Å². The summed E-state index contributed by atoms with van der Waals surface area (Å²) in [6, 6.07) is 0.00463. The van der Waals surface area contributed by atoms with E-state index in [1.54, 1.807) is 13.8 Å². The fraction of sp³-hybridized carbons (Fsp3) is 1.00. The first-order valence-electron chi connectivity index (χ1n) is 2.25. The van der Waals surface area contributed by atoms with Gasteiger partial charge in [0.2, 0.25) is 0 Å². The van der Waals surface area contributed by atoms with Gasteiger partial charge in [0, 0.05) is 6.04 Å². The average Bonchev–Trinajstić information content (AvgIpc) is 1.65. The molecule has 0 atom stereocenters. The van der Waals surface area contributed by atoms with Crippen molar-refractivity contribution in [3.8, 4) is 0 Å². The molecule has 0 aromatic rings. The van der Waals surface area contributed by atoms with E-state index in [0.717, 1.165) is 5.06 Å². The third-order valence-corrected chi connectivity index (χ3v) is 0.741. The Morgan fingerprint density at radius 3 is 2.00 bits per heavy atom. The van der Waals surface area contributed by atoms with Crippen LogP contribution in [0.15, 0.2) is 0 Å². The zero-order valence-electron chi connectivity index (χ0n) is 4.63. The Labute approximate surface area is 43.1 Å². The van der Waals surface area contributed by atoms with Crippen LogP contribution in [0.2, 0.25) is 0 Å². The largest absolute Gasteiger partial charge is 0.379 e. The standard InChI is InChI=1S/C4H11NO2/c1-4(2)5(7)3-6/h4,6-7H,3H2,1-2H3. The van der Waals surface area contributed by atoms with Gasteiger partial charge >= 0.3 is 0 Å². The van der Waals surface area contributed by atoms with Gasteiger partial charge in [0.15, 0.2) is 0 Å². The Kier molecular flexibility index (Phi) is 2.91. The number of aliphatic hydroxyl groups is 1. The minimum absolute atomic E-state index is 0.00463. The zero-order chi connectivity index (χ0) is 5.86. The Morgan fingerprint density at radius 2 is 2.00 bits per heavy atom. The van der Waals surface area contributed by atoms with E-state index in [4.69, 9.17) is 10.3 Å². The lowest BCUT2D eigenvalue weighted by Crippen LogP contribution is -2.27. The van der Waals surface area contributed by atoms with E-state index in [1.165, 1.54) is 0 Å². The van der Waals surface area contributed by atoms with Crippen molar-refractivity contribution in [2.45, 2.75) is 19.9 Å². The molecule has 0 aliphatic heterocycles. The van der Waals surface area contributed by atoms with E-state index in [1.807, 2.05) is 0 Å². The highest BCUT2D eigenvalue weighted by Crippen LogP contribution is 1.87. The van der Waals surface area contributed by atoms with Crippen molar-refractivity contribution in [1.29, 1.82) is 0 Å². The lowest BCUT2D eigenvalue weighted by atomic mass is 10.4. The normalized spacial score (nSPS) is 11.1. The molecule has 0 radical (unpaired) electrons. The lowest BCUT2D eigenvalue weighted by Gasteiger charge is -2.13. The van der Waals surface area contributed by atoms with Crippen LogP contribution in [0.25, 0.3) is 0 Å². The summed E-state index contributed by atoms with van der Waals surface area (Å²) in [5.74, 6) is 0. The van der Waals surface area contributed by atoms with Gasteiger partial charge < -0.3 is 10.3 Å². The van der Waals surface area contributed by atoms with Crippen LogP contribution >= 0.6 is 0 Å². The molecule has 3 nitrogen and oxygen atoms in total. The summed E-state index contributed by atoms with van der Waals surface area (Å²) < 4.78 is 0. The fourth-order valence-electron chi connectivity index (χ4n) is 0.163. The van der Waals surface area contributed by atoms with Crippen molar-refractivity contribution in [3.63, 3.8) is 0 Å². The van der Waals surface area contributed by atoms with Crippen molar-refractivity contribution in [3.05, 3.63) is 0 Å². The third kappa shape index (κ3) is 2.56. The Morgan fingerprint density at radius 1 is 1.57 bits per heavy atom. The van der Waals surface area contributed by atoms with Gasteiger partial charge in [-0.2, -0.15) is 5.06 Å². The Bertz CT molecular complexity index is 47.0. The highest BCUT2D eigenvalue weighted by Gasteiger charge is 1.99. The fourth-order valence-corrected chi connectivity index (χ4v) is 0.163. The van der Waals surface area contributed by atoms with Crippen molar-refractivity contribution >= 4 is 0 Å². The van der Waals surface area contributed by atoms with Gasteiger partial charge in [0.25, 0.3) is 0 Å². The van der Waals surface area contributed by atoms with E-state index < -0.39 is 0 Å². The summed E-state index contributed by atoms with van der Waals surface area (Å²) in [6.07, 6.45) is 0. The van der Waals surface area contributed by atoms with Crippen LogP contribution in [0, 0.1) is 0 Å². The van der Waals surface area contributed by atoms with Crippen LogP contribution in [0.1, 0.15) is 13.8 Å². The molecule has 0 saturated carbocycles. The monoisotopic (exact) mass is 105 g/mol. The number of hydrogen-bond donors (Lipinski definition) is 2. The smallest absolute Gasteiger partial charge is 0.119 e. The Balaban J connectivity index is 3.14. The van der Waals surface area contributed by atoms with Gasteiger partial charge in [-0.05, 0) is 13.8 Å². The first-order valence-corrected chi connectivity index (χ1v) is 2.25. The topological polar surface area (TPSA) is 43.7 Å². The highest BCUT2D eigenvalue weighted by atomic mass is 16.5. The maximum absolute atomic E-state index is 8.52. The second-order valence-electron chi connectivity index (χ2n) is 1.67. The van der Waals surface area contributed by atoms with Gasteiger partial charge in [-0.25, -0.2) is 0 Å². The van der Waals surface area contributed by atoms with Crippen LogP contribution in [-0.4, -0.2) is 28.1 Å². The van der Waals surface area contributed by atoms with Crippen molar-refractivity contribution < 1.29 is 10.3 Å². The number of hydroxylamine groups is 2. The summed E-state index contributed by atoms with van der Waals surface area (Å²) in [5.41, 5.74) is 0. The molecule has 0 saturated heterocycles. The predicted octanol–water partition coefficient (Wildman–Crippen LogP) is 0.0358. The molecule has 7 heavy (non-hydrogen) atoms. The third-order valence-electron chi connectivity index (χ3n) is 0.741. The summed E-state index contributed by atoms with van der Waals surface area (Å²) in [5, 5.41) is 17.5. The molecule has 3 heteroatoms. The molecule has 0 spiro atoms. The van der Waals surface area contributed by atoms with Crippen LogP contribution in [0.4, 0.5) is 0 Å². The molecule has 0 fully saturated rings. The van der Waals surface area contributed by atoms with Crippen molar-refractivity contribution in [1.82, 2.24) is 5.06 Å². The summed E-state index contributed by atoms with van der Waals surface area (Å²) >= 11 is 0. The number of aliphatic hydroxyl groups excluding tert-OH is 1. The first-order chi connectivity index (χ1) is 3.18. The quantitative estimate of drug-likeness (QED) is 0.385. The summed E-state index contributed by atoms with van der Waals surface area (Å²) in [7, 11) is 0. The van der Waals surface area contributed by atoms with Crippen molar-refractivity contribution in [2.75, 3.05) is 6.73 Å². The molecule has 0 aliphatic carbocycles. The molecule has 0 amide bonds. The number of rotatable bonds is 2. The van der Waals surface area contributed by atoms with E-state index in [0.29, 0.717) is 0 Å². The molecule has 0 aromatic heterocycles. The van der Waals surface area contributed by atoms with Crippen LogP contribution in [-0.2, 0) is 0 Å². The molecular formula is C4H11NO2. The summed E-state index contributed by atoms with van der Waals surface area (Å²) in [6.45, 7) is 3.28. The second-order valence-corrected chi connectivity index (χ2v) is 1.67. The molecule has 0 heterocycles. The molecule has 0 rings (SSSR count). The van der Waals surface area contributed by atoms with Crippen LogP contribution in [0.5, 0.6) is 0 Å². The molecule has 0 bridgehead atoms. The average molecular weight is 105 g/mol. The maximum Gasteiger partial charge on any atom is 0.119 e. The zero-order valence-corrected chi connectivity index (χ0v) is 4.63. The molecule has 44 valence electrons. The van der Waals surface area contributed by atoms with E-state index >= 15 is 0 Å². The SMILES string of the molecule is CC(C)N(O)CO. The number of hydrogen-bond acceptors (Lipinski definition) is 3. The van der Waals surface area contributed by atoms with Crippen LogP contribution < -0.4 is 0 Å². The highest BCUT2D eigenvalue weighted by molar-refractivity contribution is 4.42. The minimum Gasteiger partial charge on any atom is -0.379 e. The molecule has 0 aromatic carbocycles. The summed E-state index contributed by atoms with van der Waals surface area (Å²) in [4.78, 5) is 0. The van der Waals surface area contributed by atoms with Gasteiger partial charge in [-0.15, -0.1) is 0 Å². The van der Waals surface area contributed by atoms with Gasteiger partial charge in [-0.3, -0.25) is 0 Å². The first kappa shape index (κ1) is 6.88. The lowest BCUT2D eigenvalue weighted by molar-refractivity contribution is -0.163. The van der Waals surface area contributed by atoms with Crippen LogP contribution in [0.3, 0.4) is 0 Å². The van der Waals surface area contributed by atoms with Gasteiger partial charge in [-0.1, -0.05) is 0 Å². The van der Waals surface area contributed by atoms with E-state index in [9.17, 15) is 0 Å². The minimum atomic E-state index is -0.294.